The van der Waals surface area contributed by atoms with Crippen LogP contribution < -0.4 is 10.6 Å². The smallest absolute Gasteiger partial charge is 0.191 e. The molecule has 0 bridgehead atoms. The number of hydrogen-bond donors (Lipinski definition) is 2. The molecule has 2 fully saturated rings. The molecule has 2 rings (SSSR count). The molecule has 2 saturated heterocycles. The number of aliphatic imine (C=N–C) groups is 1. The maximum Gasteiger partial charge on any atom is 0.191 e. The van der Waals surface area contributed by atoms with Crippen molar-refractivity contribution in [2.24, 2.45) is 10.9 Å². The van der Waals surface area contributed by atoms with E-state index in [0.29, 0.717) is 12.0 Å². The minimum atomic E-state index is 0.508. The Labute approximate surface area is 185 Å². The number of likely N-dealkylation sites (N-methyl/N-ethyl adjacent to an activating group) is 1. The van der Waals surface area contributed by atoms with Crippen molar-refractivity contribution in [3.63, 3.8) is 0 Å². The van der Waals surface area contributed by atoms with Crippen LogP contribution in [0.5, 0.6) is 0 Å². The molecule has 2 N–H and O–H groups in total. The molecule has 7 heteroatoms. The third-order valence-corrected chi connectivity index (χ3v) is 6.64. The fraction of sp³-hybridized carbons (Fsp3) is 0.957. The van der Waals surface area contributed by atoms with Crippen LogP contribution in [0.3, 0.4) is 0 Å². The van der Waals surface area contributed by atoms with Crippen LogP contribution >= 0.6 is 0 Å². The minimum absolute atomic E-state index is 0.508. The molecule has 2 heterocycles. The predicted octanol–water partition coefficient (Wildman–Crippen LogP) is 1.71. The van der Waals surface area contributed by atoms with Gasteiger partial charge >= 0.3 is 0 Å². The van der Waals surface area contributed by atoms with E-state index < -0.39 is 0 Å². The summed E-state index contributed by atoms with van der Waals surface area (Å²) in [5, 5.41) is 7.02. The van der Waals surface area contributed by atoms with Crippen LogP contribution in [0.1, 0.15) is 46.5 Å². The number of rotatable bonds is 11. The van der Waals surface area contributed by atoms with Gasteiger partial charge in [-0.2, -0.15) is 0 Å². The minimum Gasteiger partial charge on any atom is -0.379 e. The lowest BCUT2D eigenvalue weighted by atomic mass is 9.92. The van der Waals surface area contributed by atoms with E-state index in [0.717, 1.165) is 58.3 Å². The summed E-state index contributed by atoms with van der Waals surface area (Å²) in [4.78, 5) is 12.7. The molecule has 0 aromatic carbocycles. The van der Waals surface area contributed by atoms with E-state index in [1.54, 1.807) is 0 Å². The highest BCUT2D eigenvalue weighted by molar-refractivity contribution is 5.79. The Kier molecular flexibility index (Phi) is 12.7. The van der Waals surface area contributed by atoms with Crippen molar-refractivity contribution in [1.82, 2.24) is 25.3 Å². The van der Waals surface area contributed by atoms with Crippen molar-refractivity contribution in [1.29, 1.82) is 0 Å². The first kappa shape index (κ1) is 25.4. The second kappa shape index (κ2) is 15.0. The lowest BCUT2D eigenvalue weighted by molar-refractivity contribution is 0.00395. The summed E-state index contributed by atoms with van der Waals surface area (Å²) in [6, 6.07) is 0.508. The van der Waals surface area contributed by atoms with Gasteiger partial charge in [0.15, 0.2) is 5.96 Å². The third kappa shape index (κ3) is 9.08. The van der Waals surface area contributed by atoms with Gasteiger partial charge < -0.3 is 25.2 Å². The first-order chi connectivity index (χ1) is 14.7. The van der Waals surface area contributed by atoms with Gasteiger partial charge in [0.2, 0.25) is 0 Å². The fourth-order valence-corrected chi connectivity index (χ4v) is 4.66. The lowest BCUT2D eigenvalue weighted by Gasteiger charge is -2.38. The van der Waals surface area contributed by atoms with Crippen molar-refractivity contribution in [2.45, 2.75) is 52.5 Å². The van der Waals surface area contributed by atoms with Crippen LogP contribution in [0.4, 0.5) is 0 Å². The van der Waals surface area contributed by atoms with Gasteiger partial charge in [-0.1, -0.05) is 26.7 Å². The van der Waals surface area contributed by atoms with Crippen molar-refractivity contribution < 1.29 is 4.74 Å². The molecule has 0 aliphatic carbocycles. The second-order valence-electron chi connectivity index (χ2n) is 8.79. The van der Waals surface area contributed by atoms with E-state index in [9.17, 15) is 0 Å². The summed E-state index contributed by atoms with van der Waals surface area (Å²) in [6.45, 7) is 19.3. The number of guanidine groups is 1. The lowest BCUT2D eigenvalue weighted by Crippen LogP contribution is -2.49. The van der Waals surface area contributed by atoms with Crippen LogP contribution in [-0.2, 0) is 4.74 Å². The summed E-state index contributed by atoms with van der Waals surface area (Å²) in [6.07, 6.45) is 4.87. The Bertz CT molecular complexity index is 465. The molecule has 0 radical (unpaired) electrons. The number of nitrogens with one attached hydrogen (secondary N) is 2. The number of ether oxygens (including phenoxy) is 1. The van der Waals surface area contributed by atoms with Gasteiger partial charge in [0, 0.05) is 45.3 Å². The number of nitrogens with zero attached hydrogens (tertiary/aromatic N) is 4. The average Bonchev–Trinajstić information content (AvgIpc) is 2.98. The van der Waals surface area contributed by atoms with Crippen molar-refractivity contribution in [3.8, 4) is 0 Å². The van der Waals surface area contributed by atoms with Gasteiger partial charge in [0.1, 0.15) is 0 Å². The first-order valence-corrected chi connectivity index (χ1v) is 12.4. The van der Waals surface area contributed by atoms with Gasteiger partial charge in [0.25, 0.3) is 0 Å². The molecule has 176 valence electrons. The Morgan fingerprint density at radius 3 is 2.43 bits per heavy atom. The van der Waals surface area contributed by atoms with E-state index in [-0.39, 0.29) is 0 Å². The first-order valence-electron chi connectivity index (χ1n) is 12.4. The average molecular weight is 425 g/mol. The highest BCUT2D eigenvalue weighted by Gasteiger charge is 2.26. The zero-order chi connectivity index (χ0) is 21.6. The molecule has 7 nitrogen and oxygen atoms in total. The molecule has 30 heavy (non-hydrogen) atoms. The van der Waals surface area contributed by atoms with E-state index in [4.69, 9.17) is 9.73 Å². The van der Waals surface area contributed by atoms with Gasteiger partial charge in [-0.25, -0.2) is 0 Å². The van der Waals surface area contributed by atoms with E-state index in [2.05, 4.69) is 53.2 Å². The molecule has 0 spiro atoms. The molecular weight excluding hydrogens is 376 g/mol. The summed E-state index contributed by atoms with van der Waals surface area (Å²) in [5.74, 6) is 1.66. The molecule has 1 unspecified atom stereocenters. The van der Waals surface area contributed by atoms with Crippen LogP contribution in [0.15, 0.2) is 4.99 Å². The highest BCUT2D eigenvalue weighted by Crippen LogP contribution is 2.20. The quantitative estimate of drug-likeness (QED) is 0.299. The topological polar surface area (TPSA) is 55.4 Å². The Balaban J connectivity index is 1.82. The fourth-order valence-electron chi connectivity index (χ4n) is 4.66. The standard InChI is InChI=1S/C23H48N6O/c1-5-21(6-2)22(29-16-18-30-19-17-29)20-26-23(24-7-3)25-10-8-12-28-13-9-11-27(4)14-15-28/h21-22H,5-20H2,1-4H3,(H2,24,25,26). The van der Waals surface area contributed by atoms with E-state index >= 15 is 0 Å². The summed E-state index contributed by atoms with van der Waals surface area (Å²) in [5.41, 5.74) is 0. The molecule has 2 aliphatic heterocycles. The van der Waals surface area contributed by atoms with Gasteiger partial charge in [-0.3, -0.25) is 9.89 Å². The zero-order valence-electron chi connectivity index (χ0n) is 20.2. The summed E-state index contributed by atoms with van der Waals surface area (Å²) < 4.78 is 5.58. The summed E-state index contributed by atoms with van der Waals surface area (Å²) in [7, 11) is 2.23. The molecule has 0 amide bonds. The van der Waals surface area contributed by atoms with Crippen LogP contribution in [0, 0.1) is 5.92 Å². The van der Waals surface area contributed by atoms with Crippen LogP contribution in [0.2, 0.25) is 0 Å². The van der Waals surface area contributed by atoms with E-state index in [1.165, 1.54) is 52.0 Å². The molecule has 2 aliphatic rings. The van der Waals surface area contributed by atoms with Gasteiger partial charge in [-0.15, -0.1) is 0 Å². The van der Waals surface area contributed by atoms with Crippen LogP contribution in [-0.4, -0.2) is 112 Å². The van der Waals surface area contributed by atoms with E-state index in [1.807, 2.05) is 0 Å². The van der Waals surface area contributed by atoms with Crippen molar-refractivity contribution >= 4 is 5.96 Å². The molecule has 0 aromatic heterocycles. The monoisotopic (exact) mass is 424 g/mol. The Morgan fingerprint density at radius 2 is 1.73 bits per heavy atom. The maximum atomic E-state index is 5.58. The number of hydrogen-bond acceptors (Lipinski definition) is 5. The Morgan fingerprint density at radius 1 is 0.967 bits per heavy atom. The Hall–Kier alpha value is -0.890. The molecular formula is C23H48N6O. The maximum absolute atomic E-state index is 5.58. The van der Waals surface area contributed by atoms with Crippen molar-refractivity contribution in [2.75, 3.05) is 85.7 Å². The SMILES string of the molecule is CCNC(=NCC(C(CC)CC)N1CCOCC1)NCCCN1CCCN(C)CC1. The predicted molar refractivity (Wildman–Crippen MR) is 127 cm³/mol. The number of morpholine rings is 1. The molecule has 1 atom stereocenters. The highest BCUT2D eigenvalue weighted by atomic mass is 16.5. The van der Waals surface area contributed by atoms with Crippen LogP contribution in [0.25, 0.3) is 0 Å². The zero-order valence-corrected chi connectivity index (χ0v) is 20.2. The second-order valence-corrected chi connectivity index (χ2v) is 8.79. The third-order valence-electron chi connectivity index (χ3n) is 6.64. The molecule has 0 aromatic rings. The molecule has 0 saturated carbocycles. The largest absolute Gasteiger partial charge is 0.379 e. The van der Waals surface area contributed by atoms with Gasteiger partial charge in [0.05, 0.1) is 19.8 Å². The normalized spacial score (nSPS) is 21.6. The van der Waals surface area contributed by atoms with Crippen molar-refractivity contribution in [3.05, 3.63) is 0 Å². The van der Waals surface area contributed by atoms with Gasteiger partial charge in [-0.05, 0) is 52.4 Å². The summed E-state index contributed by atoms with van der Waals surface area (Å²) >= 11 is 0.